The number of nitrogens with zero attached hydrogens (tertiary/aromatic N) is 4. The molecule has 0 spiro atoms. The summed E-state index contributed by atoms with van der Waals surface area (Å²) in [4.78, 5) is 22.8. The molecule has 2 N–H and O–H groups in total. The second-order valence-corrected chi connectivity index (χ2v) is 6.16. The van der Waals surface area contributed by atoms with Crippen LogP contribution in [0.1, 0.15) is 16.1 Å². The van der Waals surface area contributed by atoms with Crippen molar-refractivity contribution in [3.8, 4) is 0 Å². The topological polar surface area (TPSA) is 102 Å². The van der Waals surface area contributed by atoms with Crippen molar-refractivity contribution in [2.24, 2.45) is 0 Å². The van der Waals surface area contributed by atoms with Gasteiger partial charge in [0.25, 0.3) is 5.91 Å². The number of hydrogen-bond donors (Lipinski definition) is 2. The summed E-state index contributed by atoms with van der Waals surface area (Å²) >= 11 is 12.3. The van der Waals surface area contributed by atoms with Crippen LogP contribution < -0.4 is 5.32 Å². The largest absolute Gasteiger partial charge is 0.480 e. The molecule has 0 unspecified atom stereocenters. The van der Waals surface area contributed by atoms with Crippen LogP contribution in [-0.2, 0) is 17.9 Å². The Hall–Kier alpha value is -2.84. The van der Waals surface area contributed by atoms with Crippen LogP contribution in [0.15, 0.2) is 42.7 Å². The number of benzene rings is 1. The lowest BCUT2D eigenvalue weighted by Crippen LogP contribution is -2.15. The molecule has 0 radical (unpaired) electrons. The molecule has 3 aromatic rings. The predicted octanol–water partition coefficient (Wildman–Crippen LogP) is 2.77. The maximum Gasteiger partial charge on any atom is 0.325 e. The van der Waals surface area contributed by atoms with Crippen LogP contribution in [-0.4, -0.2) is 36.5 Å². The molecule has 0 saturated carbocycles. The lowest BCUT2D eigenvalue weighted by Gasteiger charge is -2.06. The number of rotatable bonds is 6. The highest BCUT2D eigenvalue weighted by Gasteiger charge is 2.13. The number of nitrogens with one attached hydrogen (secondary N) is 1. The van der Waals surface area contributed by atoms with Crippen LogP contribution in [0.2, 0.25) is 10.0 Å². The van der Waals surface area contributed by atoms with Crippen LogP contribution in [0.25, 0.3) is 0 Å². The number of aromatic nitrogens is 4. The smallest absolute Gasteiger partial charge is 0.325 e. The Morgan fingerprint density at radius 3 is 2.42 bits per heavy atom. The Morgan fingerprint density at radius 1 is 1.04 bits per heavy atom. The normalized spacial score (nSPS) is 10.7. The minimum atomic E-state index is -1.04. The molecule has 3 rings (SSSR count). The SMILES string of the molecule is O=C(O)Cn1ccc(C(=O)Nc2ccn(Cc3c(Cl)cccc3Cl)n2)n1. The van der Waals surface area contributed by atoms with Crippen LogP contribution >= 0.6 is 23.2 Å². The molecule has 0 atom stereocenters. The van der Waals surface area contributed by atoms with Crippen LogP contribution in [0.5, 0.6) is 0 Å². The molecule has 134 valence electrons. The lowest BCUT2D eigenvalue weighted by molar-refractivity contribution is -0.137. The van der Waals surface area contributed by atoms with Gasteiger partial charge < -0.3 is 10.4 Å². The molecule has 0 saturated heterocycles. The van der Waals surface area contributed by atoms with Gasteiger partial charge in [0.05, 0.1) is 6.54 Å². The van der Waals surface area contributed by atoms with E-state index in [1.54, 1.807) is 35.1 Å². The van der Waals surface area contributed by atoms with Gasteiger partial charge in [0.2, 0.25) is 0 Å². The van der Waals surface area contributed by atoms with Crippen molar-refractivity contribution in [3.63, 3.8) is 0 Å². The quantitative estimate of drug-likeness (QED) is 0.670. The van der Waals surface area contributed by atoms with E-state index < -0.39 is 11.9 Å². The van der Waals surface area contributed by atoms with Gasteiger partial charge in [-0.15, -0.1) is 0 Å². The Bertz CT molecular complexity index is 946. The molecule has 0 fully saturated rings. The molecule has 1 aromatic carbocycles. The fourth-order valence-corrected chi connectivity index (χ4v) is 2.77. The zero-order chi connectivity index (χ0) is 18.7. The average molecular weight is 394 g/mol. The van der Waals surface area contributed by atoms with Gasteiger partial charge in [-0.25, -0.2) is 0 Å². The third-order valence-corrected chi connectivity index (χ3v) is 4.14. The Morgan fingerprint density at radius 2 is 1.73 bits per heavy atom. The molecule has 10 heteroatoms. The molecule has 0 aliphatic carbocycles. The van der Waals surface area contributed by atoms with E-state index >= 15 is 0 Å². The maximum absolute atomic E-state index is 12.2. The number of carboxylic acid groups (broad SMARTS) is 1. The first-order chi connectivity index (χ1) is 12.4. The third-order valence-electron chi connectivity index (χ3n) is 3.43. The summed E-state index contributed by atoms with van der Waals surface area (Å²) in [5, 5.41) is 20.5. The molecular formula is C16H13Cl2N5O3. The highest BCUT2D eigenvalue weighted by atomic mass is 35.5. The van der Waals surface area contributed by atoms with E-state index in [4.69, 9.17) is 28.3 Å². The van der Waals surface area contributed by atoms with Crippen molar-refractivity contribution < 1.29 is 14.7 Å². The van der Waals surface area contributed by atoms with Gasteiger partial charge in [0.15, 0.2) is 11.5 Å². The molecular weight excluding hydrogens is 381 g/mol. The minimum absolute atomic E-state index is 0.0925. The van der Waals surface area contributed by atoms with Crippen molar-refractivity contribution in [1.82, 2.24) is 19.6 Å². The number of halogens is 2. The number of carboxylic acids is 1. The van der Waals surface area contributed by atoms with Gasteiger partial charge >= 0.3 is 5.97 Å². The first kappa shape index (κ1) is 18.0. The van der Waals surface area contributed by atoms with Gasteiger partial charge in [-0.05, 0) is 18.2 Å². The van der Waals surface area contributed by atoms with Gasteiger partial charge in [0.1, 0.15) is 6.54 Å². The summed E-state index contributed by atoms with van der Waals surface area (Å²) in [5.41, 5.74) is 0.819. The number of carbonyl (C=O) groups excluding carboxylic acids is 1. The van der Waals surface area contributed by atoms with Crippen molar-refractivity contribution in [2.75, 3.05) is 5.32 Å². The van der Waals surface area contributed by atoms with Crippen LogP contribution in [0.3, 0.4) is 0 Å². The molecule has 8 nitrogen and oxygen atoms in total. The van der Waals surface area contributed by atoms with Gasteiger partial charge in [-0.2, -0.15) is 10.2 Å². The van der Waals surface area contributed by atoms with E-state index in [1.807, 2.05) is 0 Å². The van der Waals surface area contributed by atoms with Crippen LogP contribution in [0, 0.1) is 0 Å². The minimum Gasteiger partial charge on any atom is -0.480 e. The average Bonchev–Trinajstić information content (AvgIpc) is 3.20. The lowest BCUT2D eigenvalue weighted by atomic mass is 10.2. The summed E-state index contributed by atoms with van der Waals surface area (Å²) in [6.07, 6.45) is 3.10. The second kappa shape index (κ2) is 7.59. The molecule has 26 heavy (non-hydrogen) atoms. The van der Waals surface area contributed by atoms with E-state index in [9.17, 15) is 9.59 Å². The van der Waals surface area contributed by atoms with E-state index in [2.05, 4.69) is 15.5 Å². The standard InChI is InChI=1S/C16H13Cl2N5O3/c17-11-2-1-3-12(18)10(11)8-22-7-5-14(21-22)19-16(26)13-4-6-23(20-13)9-15(24)25/h1-7H,8-9H2,(H,24,25)(H,19,21,26). The molecule has 1 amide bonds. The highest BCUT2D eigenvalue weighted by Crippen LogP contribution is 2.25. The molecule has 0 aliphatic heterocycles. The summed E-state index contributed by atoms with van der Waals surface area (Å²) in [6, 6.07) is 8.28. The van der Waals surface area contributed by atoms with Gasteiger partial charge in [-0.3, -0.25) is 19.0 Å². The number of aliphatic carboxylic acids is 1. The van der Waals surface area contributed by atoms with E-state index in [0.717, 1.165) is 10.2 Å². The van der Waals surface area contributed by atoms with Crippen molar-refractivity contribution in [2.45, 2.75) is 13.1 Å². The first-order valence-electron chi connectivity index (χ1n) is 7.45. The summed E-state index contributed by atoms with van der Waals surface area (Å²) in [6.45, 7) is 0.0299. The van der Waals surface area contributed by atoms with Crippen molar-refractivity contribution >= 4 is 40.9 Å². The molecule has 0 bridgehead atoms. The first-order valence-corrected chi connectivity index (χ1v) is 8.21. The number of anilines is 1. The fourth-order valence-electron chi connectivity index (χ4n) is 2.25. The zero-order valence-electron chi connectivity index (χ0n) is 13.3. The Balaban J connectivity index is 1.67. The van der Waals surface area contributed by atoms with Gasteiger partial charge in [-0.1, -0.05) is 29.3 Å². The highest BCUT2D eigenvalue weighted by molar-refractivity contribution is 6.35. The Labute approximate surface area is 157 Å². The van der Waals surface area contributed by atoms with Gasteiger partial charge in [0, 0.05) is 34.1 Å². The molecule has 0 aliphatic rings. The second-order valence-electron chi connectivity index (χ2n) is 5.35. The third kappa shape index (κ3) is 4.22. The maximum atomic E-state index is 12.2. The number of carbonyl (C=O) groups is 2. The zero-order valence-corrected chi connectivity index (χ0v) is 14.8. The monoisotopic (exact) mass is 393 g/mol. The summed E-state index contributed by atoms with van der Waals surface area (Å²) < 4.78 is 2.75. The van der Waals surface area contributed by atoms with E-state index in [-0.39, 0.29) is 12.2 Å². The fraction of sp³-hybridized carbons (Fsp3) is 0.125. The molecule has 2 heterocycles. The Kier molecular flexibility index (Phi) is 5.24. The number of hydrogen-bond acceptors (Lipinski definition) is 4. The number of amides is 1. The van der Waals surface area contributed by atoms with Crippen LogP contribution in [0.4, 0.5) is 5.82 Å². The predicted molar refractivity (Wildman–Crippen MR) is 95.6 cm³/mol. The molecule has 2 aromatic heterocycles. The van der Waals surface area contributed by atoms with E-state index in [1.165, 1.54) is 12.3 Å². The van der Waals surface area contributed by atoms with E-state index in [0.29, 0.717) is 22.4 Å². The summed E-state index contributed by atoms with van der Waals surface area (Å²) in [7, 11) is 0. The summed E-state index contributed by atoms with van der Waals surface area (Å²) in [5.74, 6) is -1.21. The van der Waals surface area contributed by atoms with Crippen molar-refractivity contribution in [1.29, 1.82) is 0 Å². The van der Waals surface area contributed by atoms with Crippen molar-refractivity contribution in [3.05, 3.63) is 64.0 Å².